The number of aromatic nitrogens is 2. The number of ether oxygens (including phenoxy) is 1. The van der Waals surface area contributed by atoms with Gasteiger partial charge in [-0.15, -0.1) is 0 Å². The number of nitrogens with two attached hydrogens (primary N) is 1. The van der Waals surface area contributed by atoms with Crippen molar-refractivity contribution in [3.63, 3.8) is 0 Å². The second-order valence-electron chi connectivity index (χ2n) is 9.69. The number of benzene rings is 1. The Morgan fingerprint density at radius 1 is 1.31 bits per heavy atom. The molecule has 0 amide bonds. The first-order valence-electron chi connectivity index (χ1n) is 11.9. The first kappa shape index (κ1) is 21.7. The van der Waals surface area contributed by atoms with Crippen molar-refractivity contribution in [2.75, 3.05) is 35.6 Å². The van der Waals surface area contributed by atoms with E-state index in [9.17, 15) is 14.7 Å². The van der Waals surface area contributed by atoms with Gasteiger partial charge in [0, 0.05) is 31.5 Å². The molecular formula is C25H26FN5O4. The van der Waals surface area contributed by atoms with Crippen LogP contribution in [0.4, 0.5) is 21.6 Å². The minimum absolute atomic E-state index is 0.0368. The Balaban J connectivity index is 1.51. The molecule has 6 rings (SSSR count). The van der Waals surface area contributed by atoms with Gasteiger partial charge in [-0.1, -0.05) is 18.9 Å². The Morgan fingerprint density at radius 2 is 2.11 bits per heavy atom. The molecule has 2 aliphatic heterocycles. The maximum Gasteiger partial charge on any atom is 0.341 e. The molecule has 10 heteroatoms. The molecule has 1 aliphatic carbocycles. The molecular weight excluding hydrogens is 453 g/mol. The van der Waals surface area contributed by atoms with E-state index in [1.807, 2.05) is 27.7 Å². The van der Waals surface area contributed by atoms with Crippen molar-refractivity contribution in [3.8, 4) is 5.75 Å². The highest BCUT2D eigenvalue weighted by atomic mass is 19.1. The van der Waals surface area contributed by atoms with E-state index in [4.69, 9.17) is 10.5 Å². The Hall–Kier alpha value is -3.82. The summed E-state index contributed by atoms with van der Waals surface area (Å²) in [5.74, 6) is -1.10. The molecule has 35 heavy (non-hydrogen) atoms. The lowest BCUT2D eigenvalue weighted by Crippen LogP contribution is -2.42. The van der Waals surface area contributed by atoms with Crippen LogP contribution in [0.25, 0.3) is 10.9 Å². The maximum absolute atomic E-state index is 15.8. The number of carbonyl (C=O) groups is 1. The van der Waals surface area contributed by atoms with Gasteiger partial charge in [0.25, 0.3) is 0 Å². The maximum atomic E-state index is 15.8. The first-order valence-corrected chi connectivity index (χ1v) is 11.9. The van der Waals surface area contributed by atoms with E-state index in [-0.39, 0.29) is 35.2 Å². The summed E-state index contributed by atoms with van der Waals surface area (Å²) in [4.78, 5) is 31.2. The van der Waals surface area contributed by atoms with Crippen LogP contribution in [0.2, 0.25) is 0 Å². The van der Waals surface area contributed by atoms with Gasteiger partial charge in [0.2, 0.25) is 5.43 Å². The predicted octanol–water partition coefficient (Wildman–Crippen LogP) is 3.17. The second kappa shape index (κ2) is 7.86. The van der Waals surface area contributed by atoms with Crippen LogP contribution < -0.4 is 26.1 Å². The standard InChI is InChI=1S/C25H26FN5O4/c26-18-19(27)17-20-23(21(18)30-10-6-14(11-30)29-16-5-1-4-9-28-16)35-13-25(7-2-3-8-25)31(20)12-15(22(17)32)24(33)34/h1,4-5,9,12,14H,2-3,6-8,10-11,13,27H2,(H,28,29)(H,33,34). The van der Waals surface area contributed by atoms with Crippen molar-refractivity contribution in [2.24, 2.45) is 0 Å². The highest BCUT2D eigenvalue weighted by Crippen LogP contribution is 2.50. The van der Waals surface area contributed by atoms with E-state index in [0.29, 0.717) is 18.6 Å². The molecule has 1 saturated carbocycles. The van der Waals surface area contributed by atoms with Gasteiger partial charge in [-0.2, -0.15) is 0 Å². The average molecular weight is 480 g/mol. The summed E-state index contributed by atoms with van der Waals surface area (Å²) in [6, 6.07) is 5.65. The lowest BCUT2D eigenvalue weighted by atomic mass is 9.93. The van der Waals surface area contributed by atoms with Crippen molar-refractivity contribution in [2.45, 2.75) is 43.7 Å². The third kappa shape index (κ3) is 3.23. The van der Waals surface area contributed by atoms with Gasteiger partial charge in [-0.25, -0.2) is 14.2 Å². The summed E-state index contributed by atoms with van der Waals surface area (Å²) < 4.78 is 23.9. The number of hydrogen-bond acceptors (Lipinski definition) is 7. The van der Waals surface area contributed by atoms with Gasteiger partial charge >= 0.3 is 5.97 Å². The van der Waals surface area contributed by atoms with E-state index < -0.39 is 28.3 Å². The first-order chi connectivity index (χ1) is 16.9. The number of fused-ring (bicyclic) bond motifs is 1. The molecule has 0 radical (unpaired) electrons. The zero-order valence-corrected chi connectivity index (χ0v) is 19.1. The van der Waals surface area contributed by atoms with Crippen molar-refractivity contribution in [3.05, 3.63) is 52.2 Å². The molecule has 2 aromatic heterocycles. The Kier molecular flexibility index (Phi) is 4.87. The summed E-state index contributed by atoms with van der Waals surface area (Å²) >= 11 is 0. The monoisotopic (exact) mass is 479 g/mol. The van der Waals surface area contributed by atoms with Crippen LogP contribution in [0.15, 0.2) is 35.4 Å². The number of hydrogen-bond donors (Lipinski definition) is 3. The highest BCUT2D eigenvalue weighted by molar-refractivity contribution is 6.03. The van der Waals surface area contributed by atoms with Crippen LogP contribution in [-0.2, 0) is 5.54 Å². The predicted molar refractivity (Wildman–Crippen MR) is 130 cm³/mol. The number of nitrogens with one attached hydrogen (secondary N) is 1. The summed E-state index contributed by atoms with van der Waals surface area (Å²) in [6.07, 6.45) is 7.37. The van der Waals surface area contributed by atoms with Gasteiger partial charge in [-0.05, 0) is 31.4 Å². The molecule has 4 N–H and O–H groups in total. The number of carboxylic acid groups (broad SMARTS) is 1. The number of pyridine rings is 2. The molecule has 3 aromatic rings. The Morgan fingerprint density at radius 3 is 2.83 bits per heavy atom. The smallest absolute Gasteiger partial charge is 0.341 e. The number of carboxylic acids is 1. The molecule has 1 atom stereocenters. The Labute approximate surface area is 200 Å². The van der Waals surface area contributed by atoms with E-state index in [1.54, 1.807) is 6.20 Å². The largest absolute Gasteiger partial charge is 0.487 e. The molecule has 1 saturated heterocycles. The summed E-state index contributed by atoms with van der Waals surface area (Å²) in [5, 5.41) is 13.0. The normalized spacial score (nSPS) is 20.4. The van der Waals surface area contributed by atoms with E-state index in [0.717, 1.165) is 37.9 Å². The molecule has 2 fully saturated rings. The van der Waals surface area contributed by atoms with Crippen LogP contribution >= 0.6 is 0 Å². The molecule has 182 valence electrons. The lowest BCUT2D eigenvalue weighted by Gasteiger charge is -2.40. The molecule has 1 unspecified atom stereocenters. The van der Waals surface area contributed by atoms with E-state index in [2.05, 4.69) is 10.3 Å². The van der Waals surface area contributed by atoms with E-state index in [1.165, 1.54) is 6.20 Å². The third-order valence-electron chi connectivity index (χ3n) is 7.63. The average Bonchev–Trinajstić information content (AvgIpc) is 3.50. The van der Waals surface area contributed by atoms with E-state index >= 15 is 4.39 Å². The fourth-order valence-corrected chi connectivity index (χ4v) is 5.92. The molecule has 1 aromatic carbocycles. The SMILES string of the molecule is Nc1c(F)c(N2CCC(Nc3ccccn3)C2)c2c3c1c(=O)c(C(=O)O)cn3C1(CCCC1)CO2. The van der Waals surface area contributed by atoms with Gasteiger partial charge in [0.15, 0.2) is 11.6 Å². The molecule has 0 bridgehead atoms. The quantitative estimate of drug-likeness (QED) is 0.488. The molecule has 3 aliphatic rings. The minimum Gasteiger partial charge on any atom is -0.487 e. The summed E-state index contributed by atoms with van der Waals surface area (Å²) in [6.45, 7) is 1.35. The number of aromatic carboxylic acids is 1. The number of anilines is 3. The summed E-state index contributed by atoms with van der Waals surface area (Å²) in [7, 11) is 0. The molecule has 1 spiro atoms. The number of nitrogen functional groups attached to an aromatic ring is 1. The second-order valence-corrected chi connectivity index (χ2v) is 9.69. The minimum atomic E-state index is -1.35. The van der Waals surface area contributed by atoms with Crippen LogP contribution in [0, 0.1) is 5.82 Å². The zero-order valence-electron chi connectivity index (χ0n) is 19.1. The van der Waals surface area contributed by atoms with Crippen LogP contribution in [0.5, 0.6) is 5.75 Å². The Bertz CT molecular complexity index is 1400. The number of nitrogens with zero attached hydrogens (tertiary/aromatic N) is 3. The van der Waals surface area contributed by atoms with Crippen molar-refractivity contribution in [1.82, 2.24) is 9.55 Å². The van der Waals surface area contributed by atoms with Crippen molar-refractivity contribution < 1.29 is 19.0 Å². The number of rotatable bonds is 4. The zero-order chi connectivity index (χ0) is 24.3. The van der Waals surface area contributed by atoms with Gasteiger partial charge < -0.3 is 30.4 Å². The van der Waals surface area contributed by atoms with Crippen LogP contribution in [0.1, 0.15) is 42.5 Å². The van der Waals surface area contributed by atoms with Crippen molar-refractivity contribution in [1.29, 1.82) is 0 Å². The topological polar surface area (TPSA) is 123 Å². The fraction of sp³-hybridized carbons (Fsp3) is 0.400. The lowest BCUT2D eigenvalue weighted by molar-refractivity contribution is 0.0692. The van der Waals surface area contributed by atoms with Crippen molar-refractivity contribution >= 4 is 34.1 Å². The van der Waals surface area contributed by atoms with Gasteiger partial charge in [0.1, 0.15) is 23.7 Å². The summed E-state index contributed by atoms with van der Waals surface area (Å²) in [5.41, 5.74) is 4.85. The molecule has 4 heterocycles. The van der Waals surface area contributed by atoms with Crippen LogP contribution in [-0.4, -0.2) is 46.4 Å². The fourth-order valence-electron chi connectivity index (χ4n) is 5.92. The molecule has 9 nitrogen and oxygen atoms in total. The highest BCUT2D eigenvalue weighted by Gasteiger charge is 2.44. The van der Waals surface area contributed by atoms with Gasteiger partial charge in [-0.3, -0.25) is 4.79 Å². The van der Waals surface area contributed by atoms with Crippen LogP contribution in [0.3, 0.4) is 0 Å². The van der Waals surface area contributed by atoms with Gasteiger partial charge in [0.05, 0.1) is 22.1 Å². The third-order valence-corrected chi connectivity index (χ3v) is 7.63. The number of halogens is 1.